The fourth-order valence-corrected chi connectivity index (χ4v) is 5.40. The fourth-order valence-electron chi connectivity index (χ4n) is 3.56. The molecule has 0 aromatic heterocycles. The van der Waals surface area contributed by atoms with Gasteiger partial charge in [0, 0.05) is 31.9 Å². The number of rotatable bonds is 3. The molecule has 2 aromatic rings. The Kier molecular flexibility index (Phi) is 4.84. The van der Waals surface area contributed by atoms with Crippen LogP contribution in [0.1, 0.15) is 16.7 Å². The first kappa shape index (κ1) is 17.9. The van der Waals surface area contributed by atoms with Crippen LogP contribution in [0.5, 0.6) is 0 Å². The van der Waals surface area contributed by atoms with Gasteiger partial charge in [0.15, 0.2) is 0 Å². The highest BCUT2D eigenvalue weighted by Crippen LogP contribution is 2.27. The predicted octanol–water partition coefficient (Wildman–Crippen LogP) is 3.26. The zero-order valence-corrected chi connectivity index (χ0v) is 15.6. The molecule has 1 heterocycles. The van der Waals surface area contributed by atoms with Gasteiger partial charge in [0.1, 0.15) is 5.82 Å². The maximum Gasteiger partial charge on any atom is 0.243 e. The monoisotopic (exact) mass is 362 g/mol. The normalized spacial score (nSPS) is 16.2. The zero-order valence-electron chi connectivity index (χ0n) is 14.8. The van der Waals surface area contributed by atoms with Gasteiger partial charge < -0.3 is 4.90 Å². The number of anilines is 1. The highest BCUT2D eigenvalue weighted by atomic mass is 32.2. The van der Waals surface area contributed by atoms with Crippen LogP contribution in [-0.2, 0) is 10.0 Å². The molecule has 1 fully saturated rings. The maximum absolute atomic E-state index is 13.4. The van der Waals surface area contributed by atoms with E-state index in [4.69, 9.17) is 0 Å². The van der Waals surface area contributed by atoms with Gasteiger partial charge in [-0.15, -0.1) is 0 Å². The second-order valence-corrected chi connectivity index (χ2v) is 8.47. The maximum atomic E-state index is 13.4. The van der Waals surface area contributed by atoms with E-state index in [1.54, 1.807) is 6.07 Å². The van der Waals surface area contributed by atoms with Crippen molar-refractivity contribution < 1.29 is 12.8 Å². The number of halogens is 1. The molecule has 1 aliphatic rings. The van der Waals surface area contributed by atoms with Gasteiger partial charge in [-0.1, -0.05) is 23.8 Å². The van der Waals surface area contributed by atoms with Gasteiger partial charge in [-0.25, -0.2) is 12.8 Å². The van der Waals surface area contributed by atoms with Crippen molar-refractivity contribution in [1.29, 1.82) is 0 Å². The molecular formula is C19H23FN2O2S. The Morgan fingerprint density at radius 3 is 2.08 bits per heavy atom. The average Bonchev–Trinajstić information content (AvgIpc) is 2.53. The molecule has 0 saturated carbocycles. The van der Waals surface area contributed by atoms with Crippen LogP contribution in [0.2, 0.25) is 0 Å². The third kappa shape index (κ3) is 3.55. The topological polar surface area (TPSA) is 40.6 Å². The summed E-state index contributed by atoms with van der Waals surface area (Å²) in [5, 5.41) is 0. The molecule has 3 rings (SSSR count). The van der Waals surface area contributed by atoms with Gasteiger partial charge in [0.25, 0.3) is 0 Å². The van der Waals surface area contributed by atoms with Crippen LogP contribution in [0.3, 0.4) is 0 Å². The van der Waals surface area contributed by atoms with Gasteiger partial charge in [0.05, 0.1) is 4.90 Å². The first-order valence-electron chi connectivity index (χ1n) is 8.37. The molecule has 6 heteroatoms. The number of sulfonamides is 1. The van der Waals surface area contributed by atoms with E-state index in [0.717, 1.165) is 22.4 Å². The second-order valence-electron chi connectivity index (χ2n) is 6.60. The van der Waals surface area contributed by atoms with Crippen LogP contribution in [0.25, 0.3) is 0 Å². The third-order valence-electron chi connectivity index (χ3n) is 4.61. The average molecular weight is 362 g/mol. The van der Waals surface area contributed by atoms with E-state index in [-0.39, 0.29) is 5.82 Å². The van der Waals surface area contributed by atoms with Crippen LogP contribution in [0, 0.1) is 26.6 Å². The largest absolute Gasteiger partial charge is 0.369 e. The van der Waals surface area contributed by atoms with Gasteiger partial charge >= 0.3 is 0 Å². The Morgan fingerprint density at radius 2 is 1.52 bits per heavy atom. The summed E-state index contributed by atoms with van der Waals surface area (Å²) in [6.45, 7) is 7.54. The lowest BCUT2D eigenvalue weighted by Gasteiger charge is -2.35. The summed E-state index contributed by atoms with van der Waals surface area (Å²) in [5.41, 5.74) is 3.42. The Hall–Kier alpha value is -1.92. The lowest BCUT2D eigenvalue weighted by molar-refractivity contribution is 0.384. The second kappa shape index (κ2) is 6.77. The van der Waals surface area contributed by atoms with E-state index in [9.17, 15) is 12.8 Å². The molecule has 0 N–H and O–H groups in total. The van der Waals surface area contributed by atoms with E-state index >= 15 is 0 Å². The summed E-state index contributed by atoms with van der Waals surface area (Å²) in [5.74, 6) is -0.279. The lowest BCUT2D eigenvalue weighted by Crippen LogP contribution is -2.48. The van der Waals surface area contributed by atoms with E-state index in [1.807, 2.05) is 43.9 Å². The van der Waals surface area contributed by atoms with E-state index in [1.165, 1.54) is 16.4 Å². The number of hydrogen-bond donors (Lipinski definition) is 0. The number of benzene rings is 2. The van der Waals surface area contributed by atoms with Crippen LogP contribution < -0.4 is 4.90 Å². The quantitative estimate of drug-likeness (QED) is 0.841. The summed E-state index contributed by atoms with van der Waals surface area (Å²) in [6, 6.07) is 10.2. The molecule has 25 heavy (non-hydrogen) atoms. The van der Waals surface area contributed by atoms with E-state index in [2.05, 4.69) is 0 Å². The third-order valence-corrected chi connectivity index (χ3v) is 6.82. The summed E-state index contributed by atoms with van der Waals surface area (Å²) in [7, 11) is -3.52. The van der Waals surface area contributed by atoms with Crippen molar-refractivity contribution in [3.8, 4) is 0 Å². The van der Waals surface area contributed by atoms with E-state index in [0.29, 0.717) is 31.1 Å². The summed E-state index contributed by atoms with van der Waals surface area (Å²) < 4.78 is 41.1. The summed E-state index contributed by atoms with van der Waals surface area (Å²) in [6.07, 6.45) is 0. The van der Waals surface area contributed by atoms with Crippen LogP contribution in [0.4, 0.5) is 10.1 Å². The Morgan fingerprint density at radius 1 is 0.920 bits per heavy atom. The molecule has 0 spiro atoms. The van der Waals surface area contributed by atoms with Crippen molar-refractivity contribution in [2.75, 3.05) is 31.1 Å². The Bertz CT molecular complexity index is 865. The summed E-state index contributed by atoms with van der Waals surface area (Å²) in [4.78, 5) is 2.43. The van der Waals surface area contributed by atoms with Gasteiger partial charge in [-0.3, -0.25) is 0 Å². The molecule has 0 aliphatic carbocycles. The van der Waals surface area contributed by atoms with Crippen molar-refractivity contribution >= 4 is 15.7 Å². The van der Waals surface area contributed by atoms with Gasteiger partial charge in [-0.05, 0) is 50.1 Å². The molecule has 0 radical (unpaired) electrons. The van der Waals surface area contributed by atoms with Crippen molar-refractivity contribution in [2.24, 2.45) is 0 Å². The molecule has 0 bridgehead atoms. The van der Waals surface area contributed by atoms with Crippen molar-refractivity contribution in [3.63, 3.8) is 0 Å². The van der Waals surface area contributed by atoms with Crippen molar-refractivity contribution in [2.45, 2.75) is 25.7 Å². The molecule has 0 atom stereocenters. The minimum Gasteiger partial charge on any atom is -0.369 e. The Labute approximate surface area is 148 Å². The highest BCUT2D eigenvalue weighted by Gasteiger charge is 2.31. The minimum atomic E-state index is -3.52. The van der Waals surface area contributed by atoms with Crippen LogP contribution in [0.15, 0.2) is 41.3 Å². The smallest absolute Gasteiger partial charge is 0.243 e. The number of piperazine rings is 1. The van der Waals surface area contributed by atoms with E-state index < -0.39 is 10.0 Å². The highest BCUT2D eigenvalue weighted by molar-refractivity contribution is 7.89. The number of nitrogens with zero attached hydrogens (tertiary/aromatic N) is 2. The summed E-state index contributed by atoms with van der Waals surface area (Å²) >= 11 is 0. The SMILES string of the molecule is Cc1cc(C)c(S(=O)(=O)N2CCN(c3cccc(F)c3)CC2)c(C)c1. The molecule has 1 saturated heterocycles. The van der Waals surface area contributed by atoms with Crippen molar-refractivity contribution in [3.05, 3.63) is 58.9 Å². The molecule has 4 nitrogen and oxygen atoms in total. The molecule has 2 aromatic carbocycles. The standard InChI is InChI=1S/C19H23FN2O2S/c1-14-11-15(2)19(16(3)12-14)25(23,24)22-9-7-21(8-10-22)18-6-4-5-17(20)13-18/h4-6,11-13H,7-10H2,1-3H3. The molecule has 134 valence electrons. The van der Waals surface area contributed by atoms with Gasteiger partial charge in [-0.2, -0.15) is 4.31 Å². The first-order valence-corrected chi connectivity index (χ1v) is 9.81. The molecular weight excluding hydrogens is 339 g/mol. The van der Waals surface area contributed by atoms with Crippen LogP contribution in [-0.4, -0.2) is 38.9 Å². The fraction of sp³-hybridized carbons (Fsp3) is 0.368. The molecule has 0 amide bonds. The zero-order chi connectivity index (χ0) is 18.2. The number of hydrogen-bond acceptors (Lipinski definition) is 3. The van der Waals surface area contributed by atoms with Crippen LogP contribution >= 0.6 is 0 Å². The predicted molar refractivity (Wildman–Crippen MR) is 98.0 cm³/mol. The van der Waals surface area contributed by atoms with Crippen molar-refractivity contribution in [1.82, 2.24) is 4.31 Å². The molecule has 0 unspecified atom stereocenters. The minimum absolute atomic E-state index is 0.279. The first-order chi connectivity index (χ1) is 11.8. The number of aryl methyl sites for hydroxylation is 3. The lowest BCUT2D eigenvalue weighted by atomic mass is 10.1. The molecule has 1 aliphatic heterocycles. The Balaban J connectivity index is 1.81. The van der Waals surface area contributed by atoms with Gasteiger partial charge in [0.2, 0.25) is 10.0 Å².